The summed E-state index contributed by atoms with van der Waals surface area (Å²) in [6.45, 7) is 1.79. The maximum Gasteiger partial charge on any atom is 0.0439 e. The Bertz CT molecular complexity index is 1310. The van der Waals surface area contributed by atoms with Crippen LogP contribution in [0.3, 0.4) is 0 Å². The predicted molar refractivity (Wildman–Crippen MR) is 131 cm³/mol. The van der Waals surface area contributed by atoms with Crippen molar-refractivity contribution in [3.63, 3.8) is 0 Å². The van der Waals surface area contributed by atoms with E-state index < -0.39 is 0 Å². The van der Waals surface area contributed by atoms with Crippen molar-refractivity contribution >= 4 is 43.2 Å². The second kappa shape index (κ2) is 7.00. The van der Waals surface area contributed by atoms with Crippen LogP contribution in [0.1, 0.15) is 11.1 Å². The third-order valence-electron chi connectivity index (χ3n) is 6.19. The third-order valence-corrected chi connectivity index (χ3v) is 6.72. The second-order valence-electron chi connectivity index (χ2n) is 7.97. The number of benzene rings is 5. The topological polar surface area (TPSA) is 3.24 Å². The first kappa shape index (κ1) is 17.7. The van der Waals surface area contributed by atoms with E-state index in [1.165, 1.54) is 49.5 Å². The molecule has 0 saturated carbocycles. The van der Waals surface area contributed by atoms with Crippen LogP contribution >= 0.6 is 15.9 Å². The zero-order chi connectivity index (χ0) is 20.1. The zero-order valence-corrected chi connectivity index (χ0v) is 18.1. The Morgan fingerprint density at radius 3 is 1.57 bits per heavy atom. The van der Waals surface area contributed by atoms with Crippen LogP contribution in [0.2, 0.25) is 0 Å². The highest BCUT2D eigenvalue weighted by molar-refractivity contribution is 9.10. The lowest BCUT2D eigenvalue weighted by Gasteiger charge is -2.24. The van der Waals surface area contributed by atoms with Gasteiger partial charge in [0.25, 0.3) is 0 Å². The van der Waals surface area contributed by atoms with Crippen LogP contribution in [0.5, 0.6) is 0 Å². The molecule has 1 aliphatic heterocycles. The minimum atomic E-state index is 0.894. The van der Waals surface area contributed by atoms with E-state index >= 15 is 0 Å². The fourth-order valence-electron chi connectivity index (χ4n) is 4.79. The number of halogens is 1. The van der Waals surface area contributed by atoms with E-state index in [0.29, 0.717) is 0 Å². The smallest absolute Gasteiger partial charge is 0.0439 e. The van der Waals surface area contributed by atoms with Crippen molar-refractivity contribution in [2.24, 2.45) is 0 Å². The van der Waals surface area contributed by atoms with Crippen LogP contribution in [0.4, 0.5) is 5.69 Å². The average molecular weight is 450 g/mol. The van der Waals surface area contributed by atoms with Gasteiger partial charge in [0.2, 0.25) is 0 Å². The lowest BCUT2D eigenvalue weighted by atomic mass is 9.88. The molecule has 5 aromatic carbocycles. The largest absolute Gasteiger partial charge is 0.363 e. The maximum absolute atomic E-state index is 3.57. The molecule has 1 nitrogen and oxygen atoms in total. The number of rotatable bonds is 1. The van der Waals surface area contributed by atoms with E-state index in [1.807, 2.05) is 0 Å². The van der Waals surface area contributed by atoms with Gasteiger partial charge in [-0.05, 0) is 68.1 Å². The molecule has 144 valence electrons. The Labute approximate surface area is 184 Å². The van der Waals surface area contributed by atoms with Crippen LogP contribution in [0.15, 0.2) is 102 Å². The molecule has 1 aliphatic rings. The molecule has 0 aromatic heterocycles. The van der Waals surface area contributed by atoms with E-state index in [9.17, 15) is 0 Å². The van der Waals surface area contributed by atoms with E-state index in [1.54, 1.807) is 0 Å². The first-order valence-corrected chi connectivity index (χ1v) is 11.1. The summed E-state index contributed by atoms with van der Waals surface area (Å²) in [5.74, 6) is 0. The molecule has 0 N–H and O–H groups in total. The summed E-state index contributed by atoms with van der Waals surface area (Å²) in [6.07, 6.45) is 0. The average Bonchev–Trinajstić information content (AvgIpc) is 2.97. The number of hydrogen-bond acceptors (Lipinski definition) is 1. The maximum atomic E-state index is 3.57. The molecular weight excluding hydrogens is 430 g/mol. The standard InChI is InChI=1S/C28H20BrN/c29-23-13-15-24(16-14-23)30-17-21-11-9-19-5-1-3-7-25(19)27(21)28-22(18-30)12-10-20-6-2-4-8-26(20)28/h1-16H,17-18H2. The lowest BCUT2D eigenvalue weighted by Crippen LogP contribution is -2.20. The van der Waals surface area contributed by atoms with Gasteiger partial charge >= 0.3 is 0 Å². The molecule has 0 spiro atoms. The van der Waals surface area contributed by atoms with Gasteiger partial charge in [-0.3, -0.25) is 0 Å². The summed E-state index contributed by atoms with van der Waals surface area (Å²) in [7, 11) is 0. The molecule has 6 rings (SSSR count). The van der Waals surface area contributed by atoms with Gasteiger partial charge in [-0.1, -0.05) is 88.7 Å². The van der Waals surface area contributed by atoms with Crippen LogP contribution in [-0.2, 0) is 13.1 Å². The monoisotopic (exact) mass is 449 g/mol. The van der Waals surface area contributed by atoms with Crippen molar-refractivity contribution in [1.29, 1.82) is 0 Å². The molecule has 0 bridgehead atoms. The minimum absolute atomic E-state index is 0.894. The number of hydrogen-bond donors (Lipinski definition) is 0. The van der Waals surface area contributed by atoms with Crippen molar-refractivity contribution in [2.75, 3.05) is 4.90 Å². The highest BCUT2D eigenvalue weighted by Crippen LogP contribution is 2.42. The molecule has 0 radical (unpaired) electrons. The number of nitrogens with zero attached hydrogens (tertiary/aromatic N) is 1. The van der Waals surface area contributed by atoms with E-state index in [0.717, 1.165) is 17.6 Å². The Morgan fingerprint density at radius 1 is 0.533 bits per heavy atom. The van der Waals surface area contributed by atoms with Crippen molar-refractivity contribution in [2.45, 2.75) is 13.1 Å². The summed E-state index contributed by atoms with van der Waals surface area (Å²) >= 11 is 3.57. The third kappa shape index (κ3) is 2.83. The van der Waals surface area contributed by atoms with Crippen LogP contribution in [0, 0.1) is 0 Å². The van der Waals surface area contributed by atoms with Gasteiger partial charge in [0.1, 0.15) is 0 Å². The Kier molecular flexibility index (Phi) is 4.14. The van der Waals surface area contributed by atoms with Gasteiger partial charge in [-0.2, -0.15) is 0 Å². The second-order valence-corrected chi connectivity index (χ2v) is 8.89. The van der Waals surface area contributed by atoms with Crippen molar-refractivity contribution in [3.8, 4) is 11.1 Å². The lowest BCUT2D eigenvalue weighted by molar-refractivity contribution is 0.813. The van der Waals surface area contributed by atoms with Crippen molar-refractivity contribution in [3.05, 3.63) is 113 Å². The highest BCUT2D eigenvalue weighted by Gasteiger charge is 2.23. The van der Waals surface area contributed by atoms with Gasteiger partial charge in [0, 0.05) is 23.2 Å². The Hall–Kier alpha value is -3.10. The zero-order valence-electron chi connectivity index (χ0n) is 16.5. The quantitative estimate of drug-likeness (QED) is 0.251. The van der Waals surface area contributed by atoms with E-state index in [4.69, 9.17) is 0 Å². The van der Waals surface area contributed by atoms with Crippen LogP contribution in [0.25, 0.3) is 32.7 Å². The fraction of sp³-hybridized carbons (Fsp3) is 0.0714. The van der Waals surface area contributed by atoms with E-state index in [2.05, 4.69) is 118 Å². The van der Waals surface area contributed by atoms with E-state index in [-0.39, 0.29) is 0 Å². The van der Waals surface area contributed by atoms with Crippen LogP contribution < -0.4 is 4.90 Å². The first-order chi connectivity index (χ1) is 14.8. The number of anilines is 1. The molecule has 0 fully saturated rings. The minimum Gasteiger partial charge on any atom is -0.363 e. The van der Waals surface area contributed by atoms with Crippen molar-refractivity contribution < 1.29 is 0 Å². The molecule has 2 heteroatoms. The summed E-state index contributed by atoms with van der Waals surface area (Å²) in [5, 5.41) is 5.27. The fourth-order valence-corrected chi connectivity index (χ4v) is 5.05. The molecule has 0 saturated heterocycles. The molecule has 0 amide bonds. The van der Waals surface area contributed by atoms with Gasteiger partial charge < -0.3 is 4.90 Å². The molecule has 5 aromatic rings. The molecule has 0 atom stereocenters. The van der Waals surface area contributed by atoms with Gasteiger partial charge in [0.15, 0.2) is 0 Å². The molecule has 1 heterocycles. The van der Waals surface area contributed by atoms with Gasteiger partial charge in [-0.25, -0.2) is 0 Å². The summed E-state index contributed by atoms with van der Waals surface area (Å²) < 4.78 is 1.11. The SMILES string of the molecule is Brc1ccc(N2Cc3ccc4ccccc4c3-c3c(ccc4ccccc34)C2)cc1. The summed E-state index contributed by atoms with van der Waals surface area (Å²) in [4.78, 5) is 2.49. The molecule has 0 unspecified atom stereocenters. The first-order valence-electron chi connectivity index (χ1n) is 10.3. The number of fused-ring (bicyclic) bond motifs is 7. The molecule has 0 aliphatic carbocycles. The Balaban J connectivity index is 1.68. The summed E-state index contributed by atoms with van der Waals surface area (Å²) in [6, 6.07) is 35.4. The van der Waals surface area contributed by atoms with Gasteiger partial charge in [0.05, 0.1) is 0 Å². The Morgan fingerprint density at radius 2 is 1.03 bits per heavy atom. The molecule has 30 heavy (non-hydrogen) atoms. The van der Waals surface area contributed by atoms with Gasteiger partial charge in [-0.15, -0.1) is 0 Å². The molecular formula is C28H20BrN. The normalized spacial score (nSPS) is 13.2. The summed E-state index contributed by atoms with van der Waals surface area (Å²) in [5.41, 5.74) is 6.79. The highest BCUT2D eigenvalue weighted by atomic mass is 79.9. The van der Waals surface area contributed by atoms with Crippen molar-refractivity contribution in [1.82, 2.24) is 0 Å². The van der Waals surface area contributed by atoms with Crippen LogP contribution in [-0.4, -0.2) is 0 Å². The predicted octanol–water partition coefficient (Wildman–Crippen LogP) is 7.94.